The smallest absolute Gasteiger partial charge is 0.308 e. The summed E-state index contributed by atoms with van der Waals surface area (Å²) in [5, 5.41) is 9.11. The molecule has 0 aliphatic carbocycles. The lowest BCUT2D eigenvalue weighted by Gasteiger charge is -2.33. The molecule has 1 aliphatic heterocycles. The number of carboxylic acid groups (broad SMARTS) is 1. The highest BCUT2D eigenvalue weighted by atomic mass is 16.4. The molecule has 1 amide bonds. The number of amides is 1. The lowest BCUT2D eigenvalue weighted by molar-refractivity contribution is -0.146. The molecule has 1 aliphatic rings. The first kappa shape index (κ1) is 14.6. The Morgan fingerprint density at radius 2 is 2.05 bits per heavy atom. The van der Waals surface area contributed by atoms with Crippen molar-refractivity contribution < 1.29 is 14.7 Å². The van der Waals surface area contributed by atoms with E-state index in [2.05, 4.69) is 0 Å². The van der Waals surface area contributed by atoms with Gasteiger partial charge >= 0.3 is 5.97 Å². The Kier molecular flexibility index (Phi) is 4.77. The standard InChI is InChI=1S/C16H21NO3/c1-2-14(12-7-4-3-5-8-12)15(18)17-10-6-9-13(11-17)16(19)20/h3-5,7-8,13-14H,2,6,9-11H2,1H3,(H,19,20)/t13-,14-/m1/s1. The predicted octanol–water partition coefficient (Wildman–Crippen LogP) is 2.50. The summed E-state index contributed by atoms with van der Waals surface area (Å²) in [6.07, 6.45) is 2.17. The summed E-state index contributed by atoms with van der Waals surface area (Å²) in [5.74, 6) is -1.32. The van der Waals surface area contributed by atoms with E-state index < -0.39 is 11.9 Å². The molecule has 4 heteroatoms. The Labute approximate surface area is 119 Å². The van der Waals surface area contributed by atoms with Gasteiger partial charge < -0.3 is 10.0 Å². The molecule has 1 N–H and O–H groups in total. The zero-order valence-electron chi connectivity index (χ0n) is 11.8. The average molecular weight is 275 g/mol. The molecule has 1 saturated heterocycles. The van der Waals surface area contributed by atoms with Crippen LogP contribution in [0.25, 0.3) is 0 Å². The number of benzene rings is 1. The van der Waals surface area contributed by atoms with Crippen molar-refractivity contribution in [1.82, 2.24) is 4.90 Å². The van der Waals surface area contributed by atoms with E-state index >= 15 is 0 Å². The van der Waals surface area contributed by atoms with Crippen molar-refractivity contribution in [2.45, 2.75) is 32.1 Å². The van der Waals surface area contributed by atoms with Gasteiger partial charge in [-0.1, -0.05) is 37.3 Å². The maximum atomic E-state index is 12.6. The second-order valence-corrected chi connectivity index (χ2v) is 5.33. The number of carboxylic acids is 1. The Balaban J connectivity index is 2.11. The minimum Gasteiger partial charge on any atom is -0.481 e. The van der Waals surface area contributed by atoms with Crippen LogP contribution in [0.5, 0.6) is 0 Å². The number of rotatable bonds is 4. The van der Waals surface area contributed by atoms with E-state index in [1.807, 2.05) is 37.3 Å². The maximum absolute atomic E-state index is 12.6. The molecule has 2 rings (SSSR count). The van der Waals surface area contributed by atoms with Crippen molar-refractivity contribution in [3.8, 4) is 0 Å². The molecule has 1 aromatic carbocycles. The van der Waals surface area contributed by atoms with Crippen molar-refractivity contribution >= 4 is 11.9 Å². The average Bonchev–Trinajstić information content (AvgIpc) is 2.49. The highest BCUT2D eigenvalue weighted by Crippen LogP contribution is 2.25. The van der Waals surface area contributed by atoms with E-state index in [0.29, 0.717) is 19.5 Å². The second-order valence-electron chi connectivity index (χ2n) is 5.33. The van der Waals surface area contributed by atoms with Gasteiger partial charge in [-0.15, -0.1) is 0 Å². The highest BCUT2D eigenvalue weighted by Gasteiger charge is 2.31. The molecule has 0 radical (unpaired) electrons. The molecule has 0 bridgehead atoms. The third-order valence-electron chi connectivity index (χ3n) is 3.99. The fourth-order valence-corrected chi connectivity index (χ4v) is 2.84. The van der Waals surface area contributed by atoms with Gasteiger partial charge in [0.05, 0.1) is 11.8 Å². The molecule has 1 heterocycles. The predicted molar refractivity (Wildman–Crippen MR) is 76.4 cm³/mol. The van der Waals surface area contributed by atoms with Crippen molar-refractivity contribution in [3.63, 3.8) is 0 Å². The molecule has 0 aromatic heterocycles. The Hall–Kier alpha value is -1.84. The molecular formula is C16H21NO3. The van der Waals surface area contributed by atoms with Crippen molar-refractivity contribution in [1.29, 1.82) is 0 Å². The van der Waals surface area contributed by atoms with Gasteiger partial charge in [-0.05, 0) is 24.8 Å². The van der Waals surface area contributed by atoms with Gasteiger partial charge in [0.25, 0.3) is 0 Å². The van der Waals surface area contributed by atoms with Crippen LogP contribution in [0.15, 0.2) is 30.3 Å². The summed E-state index contributed by atoms with van der Waals surface area (Å²) in [4.78, 5) is 25.5. The second kappa shape index (κ2) is 6.55. The van der Waals surface area contributed by atoms with Crippen LogP contribution in [0.1, 0.15) is 37.7 Å². The first-order valence-electron chi connectivity index (χ1n) is 7.20. The lowest BCUT2D eigenvalue weighted by Crippen LogP contribution is -2.44. The summed E-state index contributed by atoms with van der Waals surface area (Å²) in [5.41, 5.74) is 1.01. The normalized spacial score (nSPS) is 20.4. The molecule has 0 unspecified atom stereocenters. The molecule has 1 aromatic rings. The largest absolute Gasteiger partial charge is 0.481 e. The summed E-state index contributed by atoms with van der Waals surface area (Å²) in [6, 6.07) is 9.72. The van der Waals surface area contributed by atoms with Gasteiger partial charge in [-0.2, -0.15) is 0 Å². The first-order chi connectivity index (χ1) is 9.63. The van der Waals surface area contributed by atoms with Crippen LogP contribution < -0.4 is 0 Å². The molecule has 1 fully saturated rings. The zero-order chi connectivity index (χ0) is 14.5. The van der Waals surface area contributed by atoms with E-state index in [9.17, 15) is 9.59 Å². The SMILES string of the molecule is CC[C@@H](C(=O)N1CCC[C@@H](C(=O)O)C1)c1ccccc1. The van der Waals surface area contributed by atoms with Crippen LogP contribution in [-0.4, -0.2) is 35.0 Å². The lowest BCUT2D eigenvalue weighted by atomic mass is 9.92. The number of hydrogen-bond donors (Lipinski definition) is 1. The first-order valence-corrected chi connectivity index (χ1v) is 7.20. The monoisotopic (exact) mass is 275 g/mol. The number of nitrogens with zero attached hydrogens (tertiary/aromatic N) is 1. The fourth-order valence-electron chi connectivity index (χ4n) is 2.84. The number of likely N-dealkylation sites (tertiary alicyclic amines) is 1. The third kappa shape index (κ3) is 3.18. The number of carbonyl (C=O) groups excluding carboxylic acids is 1. The summed E-state index contributed by atoms with van der Waals surface area (Å²) in [7, 11) is 0. The van der Waals surface area contributed by atoms with Crippen molar-refractivity contribution in [2.24, 2.45) is 5.92 Å². The zero-order valence-corrected chi connectivity index (χ0v) is 11.8. The van der Waals surface area contributed by atoms with E-state index in [1.165, 1.54) is 0 Å². The van der Waals surface area contributed by atoms with E-state index in [4.69, 9.17) is 5.11 Å². The molecule has 20 heavy (non-hydrogen) atoms. The third-order valence-corrected chi connectivity index (χ3v) is 3.99. The number of aliphatic carboxylic acids is 1. The summed E-state index contributed by atoms with van der Waals surface area (Å²) >= 11 is 0. The van der Waals surface area contributed by atoms with Crippen LogP contribution in [-0.2, 0) is 9.59 Å². The van der Waals surface area contributed by atoms with Gasteiger partial charge in [0, 0.05) is 13.1 Å². The topological polar surface area (TPSA) is 57.6 Å². The molecule has 108 valence electrons. The minimum absolute atomic E-state index is 0.0599. The minimum atomic E-state index is -0.796. The summed E-state index contributed by atoms with van der Waals surface area (Å²) in [6.45, 7) is 3.01. The van der Waals surface area contributed by atoms with E-state index in [-0.39, 0.29) is 11.8 Å². The van der Waals surface area contributed by atoms with Gasteiger partial charge in [-0.3, -0.25) is 9.59 Å². The van der Waals surface area contributed by atoms with E-state index in [1.54, 1.807) is 4.90 Å². The maximum Gasteiger partial charge on any atom is 0.308 e. The Morgan fingerprint density at radius 1 is 1.35 bits per heavy atom. The highest BCUT2D eigenvalue weighted by molar-refractivity contribution is 5.84. The molecule has 0 saturated carbocycles. The van der Waals surface area contributed by atoms with E-state index in [0.717, 1.165) is 18.4 Å². The van der Waals surface area contributed by atoms with Gasteiger partial charge in [0.1, 0.15) is 0 Å². The molecule has 0 spiro atoms. The summed E-state index contributed by atoms with van der Waals surface area (Å²) < 4.78 is 0. The van der Waals surface area contributed by atoms with Crippen LogP contribution in [0.2, 0.25) is 0 Å². The number of piperidine rings is 1. The molecular weight excluding hydrogens is 254 g/mol. The van der Waals surface area contributed by atoms with Crippen LogP contribution in [0, 0.1) is 5.92 Å². The van der Waals surface area contributed by atoms with Crippen LogP contribution in [0.3, 0.4) is 0 Å². The van der Waals surface area contributed by atoms with Crippen LogP contribution in [0.4, 0.5) is 0 Å². The van der Waals surface area contributed by atoms with Gasteiger partial charge in [0.2, 0.25) is 5.91 Å². The molecule has 2 atom stereocenters. The van der Waals surface area contributed by atoms with Crippen molar-refractivity contribution in [2.75, 3.05) is 13.1 Å². The Morgan fingerprint density at radius 3 is 2.65 bits per heavy atom. The Bertz CT molecular complexity index is 472. The number of carbonyl (C=O) groups is 2. The van der Waals surface area contributed by atoms with Crippen LogP contribution >= 0.6 is 0 Å². The molecule has 4 nitrogen and oxygen atoms in total. The van der Waals surface area contributed by atoms with Gasteiger partial charge in [-0.25, -0.2) is 0 Å². The van der Waals surface area contributed by atoms with Crippen molar-refractivity contribution in [3.05, 3.63) is 35.9 Å². The quantitative estimate of drug-likeness (QED) is 0.918. The fraction of sp³-hybridized carbons (Fsp3) is 0.500. The van der Waals surface area contributed by atoms with Gasteiger partial charge in [0.15, 0.2) is 0 Å². The number of hydrogen-bond acceptors (Lipinski definition) is 2.